The molecule has 0 radical (unpaired) electrons. The smallest absolute Gasteiger partial charge is 0.342 e. The summed E-state index contributed by atoms with van der Waals surface area (Å²) in [4.78, 5) is 36.6. The van der Waals surface area contributed by atoms with Crippen molar-refractivity contribution in [1.82, 2.24) is 5.32 Å². The van der Waals surface area contributed by atoms with Gasteiger partial charge in [-0.2, -0.15) is 0 Å². The Balaban J connectivity index is 1.79. The molecule has 0 atom stereocenters. The largest absolute Gasteiger partial charge is 0.496 e. The number of methoxy groups -OCH3 is 1. The molecule has 0 aromatic heterocycles. The van der Waals surface area contributed by atoms with Gasteiger partial charge >= 0.3 is 5.97 Å². The van der Waals surface area contributed by atoms with Crippen molar-refractivity contribution < 1.29 is 28.2 Å². The van der Waals surface area contributed by atoms with Crippen LogP contribution in [0.2, 0.25) is 0 Å². The van der Waals surface area contributed by atoms with Crippen LogP contribution in [0.4, 0.5) is 10.1 Å². The van der Waals surface area contributed by atoms with Gasteiger partial charge in [-0.3, -0.25) is 9.59 Å². The molecule has 9 heteroatoms. The van der Waals surface area contributed by atoms with Crippen molar-refractivity contribution in [3.05, 3.63) is 53.8 Å². The number of carbonyl (C=O) groups excluding carboxylic acids is 3. The van der Waals surface area contributed by atoms with E-state index in [1.165, 1.54) is 43.1 Å². The van der Waals surface area contributed by atoms with Crippen molar-refractivity contribution in [2.45, 2.75) is 4.90 Å². The van der Waals surface area contributed by atoms with E-state index in [0.717, 1.165) is 4.90 Å². The normalized spacial score (nSPS) is 10.1. The van der Waals surface area contributed by atoms with Gasteiger partial charge in [-0.05, 0) is 48.7 Å². The number of hydrogen-bond acceptors (Lipinski definition) is 6. The molecule has 0 aliphatic rings. The van der Waals surface area contributed by atoms with E-state index in [9.17, 15) is 18.8 Å². The third-order valence-corrected chi connectivity index (χ3v) is 4.26. The molecular formula is C19H19FN2O5S. The molecule has 0 saturated heterocycles. The van der Waals surface area contributed by atoms with Crippen molar-refractivity contribution in [1.29, 1.82) is 0 Å². The second-order valence-corrected chi connectivity index (χ2v) is 6.35. The number of anilines is 1. The Morgan fingerprint density at radius 3 is 2.43 bits per heavy atom. The van der Waals surface area contributed by atoms with Crippen LogP contribution in [0.15, 0.2) is 47.4 Å². The molecule has 2 amide bonds. The van der Waals surface area contributed by atoms with Gasteiger partial charge in [0.05, 0.1) is 13.7 Å². The molecule has 0 heterocycles. The minimum atomic E-state index is -0.713. The lowest BCUT2D eigenvalue weighted by atomic mass is 10.2. The minimum Gasteiger partial charge on any atom is -0.496 e. The predicted molar refractivity (Wildman–Crippen MR) is 103 cm³/mol. The number of hydrogen-bond donors (Lipinski definition) is 2. The molecular weight excluding hydrogens is 387 g/mol. The first-order valence-electron chi connectivity index (χ1n) is 8.14. The number of thioether (sulfide) groups is 1. The van der Waals surface area contributed by atoms with Crippen molar-refractivity contribution in [3.8, 4) is 5.75 Å². The Bertz CT molecular complexity index is 858. The highest BCUT2D eigenvalue weighted by atomic mass is 32.2. The molecule has 2 aromatic rings. The predicted octanol–water partition coefficient (Wildman–Crippen LogP) is 2.47. The summed E-state index contributed by atoms with van der Waals surface area (Å²) in [5.41, 5.74) is 0.593. The second kappa shape index (κ2) is 10.3. The van der Waals surface area contributed by atoms with Crippen molar-refractivity contribution in [3.63, 3.8) is 0 Å². The number of benzene rings is 2. The molecule has 148 valence electrons. The summed E-state index contributed by atoms with van der Waals surface area (Å²) in [5, 5.41) is 4.83. The molecule has 0 fully saturated rings. The van der Waals surface area contributed by atoms with Gasteiger partial charge in [-0.25, -0.2) is 9.18 Å². The van der Waals surface area contributed by atoms with Crippen LogP contribution in [0.5, 0.6) is 5.75 Å². The number of esters is 1. The van der Waals surface area contributed by atoms with Gasteiger partial charge in [0.1, 0.15) is 17.1 Å². The van der Waals surface area contributed by atoms with Crippen molar-refractivity contribution in [2.24, 2.45) is 0 Å². The third kappa shape index (κ3) is 6.27. The van der Waals surface area contributed by atoms with Crippen LogP contribution in [-0.2, 0) is 14.3 Å². The van der Waals surface area contributed by atoms with Crippen LogP contribution >= 0.6 is 11.8 Å². The topological polar surface area (TPSA) is 93.7 Å². The van der Waals surface area contributed by atoms with E-state index in [1.807, 2.05) is 6.26 Å². The summed E-state index contributed by atoms with van der Waals surface area (Å²) in [6.45, 7) is -0.865. The van der Waals surface area contributed by atoms with Gasteiger partial charge in [0.25, 0.3) is 5.91 Å². The summed E-state index contributed by atoms with van der Waals surface area (Å²) in [5.74, 6) is -1.93. The monoisotopic (exact) mass is 406 g/mol. The SMILES string of the molecule is COc1cc(SC)ccc1C(=O)OCC(=O)NCC(=O)Nc1ccc(F)cc1. The Morgan fingerprint density at radius 2 is 1.79 bits per heavy atom. The van der Waals surface area contributed by atoms with Gasteiger partial charge < -0.3 is 20.1 Å². The van der Waals surface area contributed by atoms with E-state index < -0.39 is 30.2 Å². The maximum absolute atomic E-state index is 12.8. The fourth-order valence-electron chi connectivity index (χ4n) is 2.14. The van der Waals surface area contributed by atoms with Gasteiger partial charge in [-0.1, -0.05) is 0 Å². The summed E-state index contributed by atoms with van der Waals surface area (Å²) in [6, 6.07) is 10.2. The molecule has 0 spiro atoms. The number of rotatable bonds is 8. The zero-order valence-corrected chi connectivity index (χ0v) is 16.1. The quantitative estimate of drug-likeness (QED) is 0.517. The second-order valence-electron chi connectivity index (χ2n) is 5.47. The first-order chi connectivity index (χ1) is 13.4. The maximum atomic E-state index is 12.8. The van der Waals surface area contributed by atoms with E-state index in [4.69, 9.17) is 9.47 Å². The highest BCUT2D eigenvalue weighted by Gasteiger charge is 2.16. The van der Waals surface area contributed by atoms with E-state index in [1.54, 1.807) is 18.2 Å². The summed E-state index contributed by atoms with van der Waals surface area (Å²) < 4.78 is 22.9. The number of nitrogens with one attached hydrogen (secondary N) is 2. The van der Waals surface area contributed by atoms with Crippen LogP contribution in [-0.4, -0.2) is 44.3 Å². The van der Waals surface area contributed by atoms with Gasteiger partial charge in [0.15, 0.2) is 6.61 Å². The minimum absolute atomic E-state index is 0.196. The first-order valence-corrected chi connectivity index (χ1v) is 9.36. The molecule has 2 aromatic carbocycles. The zero-order valence-electron chi connectivity index (χ0n) is 15.3. The molecule has 2 rings (SSSR count). The Hall–Kier alpha value is -3.07. The number of halogens is 1. The van der Waals surface area contributed by atoms with E-state index in [-0.39, 0.29) is 12.1 Å². The maximum Gasteiger partial charge on any atom is 0.342 e. The Labute approximate surface area is 165 Å². The van der Waals surface area contributed by atoms with E-state index in [0.29, 0.717) is 11.4 Å². The zero-order chi connectivity index (χ0) is 20.5. The van der Waals surface area contributed by atoms with Gasteiger partial charge in [0.2, 0.25) is 5.91 Å². The average molecular weight is 406 g/mol. The van der Waals surface area contributed by atoms with Crippen molar-refractivity contribution >= 4 is 35.2 Å². The highest BCUT2D eigenvalue weighted by Crippen LogP contribution is 2.25. The standard InChI is InChI=1S/C19H19FN2O5S/c1-26-16-9-14(28-2)7-8-15(16)19(25)27-11-18(24)21-10-17(23)22-13-5-3-12(20)4-6-13/h3-9H,10-11H2,1-2H3,(H,21,24)(H,22,23). The molecule has 0 unspecified atom stereocenters. The lowest BCUT2D eigenvalue weighted by molar-refractivity contribution is -0.126. The van der Waals surface area contributed by atoms with Crippen LogP contribution in [0.1, 0.15) is 10.4 Å². The molecule has 28 heavy (non-hydrogen) atoms. The molecule has 0 aliphatic heterocycles. The van der Waals surface area contributed by atoms with Crippen LogP contribution in [0, 0.1) is 5.82 Å². The first kappa shape index (κ1) is 21.2. The van der Waals surface area contributed by atoms with Crippen LogP contribution in [0.3, 0.4) is 0 Å². The molecule has 0 aliphatic carbocycles. The summed E-state index contributed by atoms with van der Waals surface area (Å²) >= 11 is 1.49. The number of carbonyl (C=O) groups is 3. The highest BCUT2D eigenvalue weighted by molar-refractivity contribution is 7.98. The summed E-state index contributed by atoms with van der Waals surface area (Å²) in [7, 11) is 1.43. The fourth-order valence-corrected chi connectivity index (χ4v) is 2.57. The van der Waals surface area contributed by atoms with E-state index >= 15 is 0 Å². The van der Waals surface area contributed by atoms with Gasteiger partial charge in [0, 0.05) is 10.6 Å². The fraction of sp³-hybridized carbons (Fsp3) is 0.211. The summed E-state index contributed by atoms with van der Waals surface area (Å²) in [6.07, 6.45) is 1.89. The van der Waals surface area contributed by atoms with Gasteiger partial charge in [-0.15, -0.1) is 11.8 Å². The van der Waals surface area contributed by atoms with Crippen LogP contribution in [0.25, 0.3) is 0 Å². The number of amides is 2. The molecule has 2 N–H and O–H groups in total. The Kier molecular flexibility index (Phi) is 7.82. The number of ether oxygens (including phenoxy) is 2. The molecule has 0 bridgehead atoms. The lowest BCUT2D eigenvalue weighted by Crippen LogP contribution is -2.35. The molecule has 7 nitrogen and oxygen atoms in total. The lowest BCUT2D eigenvalue weighted by Gasteiger charge is -2.10. The average Bonchev–Trinajstić information content (AvgIpc) is 2.71. The van der Waals surface area contributed by atoms with E-state index in [2.05, 4.69) is 10.6 Å². The third-order valence-electron chi connectivity index (χ3n) is 3.54. The molecule has 0 saturated carbocycles. The Morgan fingerprint density at radius 1 is 1.07 bits per heavy atom. The van der Waals surface area contributed by atoms with Crippen LogP contribution < -0.4 is 15.4 Å². The van der Waals surface area contributed by atoms with Crippen molar-refractivity contribution in [2.75, 3.05) is 31.8 Å².